The number of hydrogen-bond donors (Lipinski definition) is 2. The van der Waals surface area contributed by atoms with Crippen LogP contribution in [0.5, 0.6) is 0 Å². The minimum atomic E-state index is -0.0376. The number of aliphatic hydroxyl groups excluding tert-OH is 1. The van der Waals surface area contributed by atoms with Gasteiger partial charge in [0.1, 0.15) is 0 Å². The lowest BCUT2D eigenvalue weighted by Crippen LogP contribution is -2.55. The first-order valence-corrected chi connectivity index (χ1v) is 6.62. The van der Waals surface area contributed by atoms with Crippen molar-refractivity contribution in [3.05, 3.63) is 0 Å². The molecule has 3 N–H and O–H groups in total. The molecule has 2 rings (SSSR count). The van der Waals surface area contributed by atoms with E-state index in [1.807, 2.05) is 0 Å². The van der Waals surface area contributed by atoms with Crippen molar-refractivity contribution in [1.29, 1.82) is 0 Å². The number of rotatable bonds is 4. The molecule has 2 fully saturated rings. The molecular weight excluding hydrogens is 202 g/mol. The SMILES string of the molecule is NC(CO)CCN1CCN2CCCCC2C1. The number of piperidine rings is 1. The second-order valence-electron chi connectivity index (χ2n) is 5.22. The van der Waals surface area contributed by atoms with Gasteiger partial charge in [0.05, 0.1) is 6.61 Å². The fourth-order valence-corrected chi connectivity index (χ4v) is 2.86. The number of nitrogens with two attached hydrogens (primary N) is 1. The third-order valence-corrected chi connectivity index (χ3v) is 3.97. The topological polar surface area (TPSA) is 52.7 Å². The predicted octanol–water partition coefficient (Wildman–Crippen LogP) is -0.134. The van der Waals surface area contributed by atoms with Crippen LogP contribution in [0.15, 0.2) is 0 Å². The number of hydrogen-bond acceptors (Lipinski definition) is 4. The molecule has 2 heterocycles. The zero-order valence-corrected chi connectivity index (χ0v) is 10.1. The highest BCUT2D eigenvalue weighted by Gasteiger charge is 2.28. The highest BCUT2D eigenvalue weighted by Crippen LogP contribution is 2.21. The van der Waals surface area contributed by atoms with Gasteiger partial charge in [0.15, 0.2) is 0 Å². The van der Waals surface area contributed by atoms with Crippen LogP contribution in [0.2, 0.25) is 0 Å². The van der Waals surface area contributed by atoms with E-state index in [0.29, 0.717) is 0 Å². The van der Waals surface area contributed by atoms with Crippen LogP contribution < -0.4 is 5.73 Å². The molecule has 94 valence electrons. The first kappa shape index (κ1) is 12.3. The van der Waals surface area contributed by atoms with Crippen molar-refractivity contribution in [2.75, 3.05) is 39.3 Å². The average molecular weight is 227 g/mol. The average Bonchev–Trinajstić information content (AvgIpc) is 2.35. The summed E-state index contributed by atoms with van der Waals surface area (Å²) < 4.78 is 0. The molecule has 0 saturated carbocycles. The summed E-state index contributed by atoms with van der Waals surface area (Å²) in [6, 6.07) is 0.747. The summed E-state index contributed by atoms with van der Waals surface area (Å²) in [6.07, 6.45) is 5.06. The summed E-state index contributed by atoms with van der Waals surface area (Å²) in [5, 5.41) is 8.90. The largest absolute Gasteiger partial charge is 0.395 e. The number of nitrogens with zero attached hydrogens (tertiary/aromatic N) is 2. The van der Waals surface area contributed by atoms with E-state index in [4.69, 9.17) is 10.8 Å². The highest BCUT2D eigenvalue weighted by atomic mass is 16.3. The lowest BCUT2D eigenvalue weighted by molar-refractivity contribution is 0.0472. The van der Waals surface area contributed by atoms with Crippen molar-refractivity contribution < 1.29 is 5.11 Å². The first-order chi connectivity index (χ1) is 7.79. The fraction of sp³-hybridized carbons (Fsp3) is 1.00. The molecule has 2 unspecified atom stereocenters. The molecule has 0 amide bonds. The van der Waals surface area contributed by atoms with Gasteiger partial charge in [-0.3, -0.25) is 4.90 Å². The van der Waals surface area contributed by atoms with Gasteiger partial charge < -0.3 is 15.7 Å². The van der Waals surface area contributed by atoms with E-state index < -0.39 is 0 Å². The smallest absolute Gasteiger partial charge is 0.0583 e. The molecule has 2 aliphatic rings. The van der Waals surface area contributed by atoms with Gasteiger partial charge in [-0.2, -0.15) is 0 Å². The molecule has 0 radical (unpaired) electrons. The van der Waals surface area contributed by atoms with Gasteiger partial charge in [0.25, 0.3) is 0 Å². The van der Waals surface area contributed by atoms with Crippen LogP contribution >= 0.6 is 0 Å². The lowest BCUT2D eigenvalue weighted by atomic mass is 9.99. The van der Waals surface area contributed by atoms with Crippen molar-refractivity contribution in [2.24, 2.45) is 5.73 Å². The number of aliphatic hydroxyl groups is 1. The van der Waals surface area contributed by atoms with Gasteiger partial charge in [-0.15, -0.1) is 0 Å². The minimum absolute atomic E-state index is 0.0376. The first-order valence-electron chi connectivity index (χ1n) is 6.62. The molecule has 16 heavy (non-hydrogen) atoms. The van der Waals surface area contributed by atoms with E-state index in [2.05, 4.69) is 9.80 Å². The molecular formula is C12H25N3O. The van der Waals surface area contributed by atoms with Crippen LogP contribution in [-0.2, 0) is 0 Å². The molecule has 0 aliphatic carbocycles. The van der Waals surface area contributed by atoms with Crippen molar-refractivity contribution >= 4 is 0 Å². The van der Waals surface area contributed by atoms with Crippen LogP contribution in [0, 0.1) is 0 Å². The van der Waals surface area contributed by atoms with E-state index in [-0.39, 0.29) is 12.6 Å². The van der Waals surface area contributed by atoms with Crippen molar-refractivity contribution in [2.45, 2.75) is 37.8 Å². The monoisotopic (exact) mass is 227 g/mol. The minimum Gasteiger partial charge on any atom is -0.395 e. The molecule has 2 saturated heterocycles. The van der Waals surface area contributed by atoms with Crippen LogP contribution in [0.4, 0.5) is 0 Å². The van der Waals surface area contributed by atoms with Crippen LogP contribution in [-0.4, -0.2) is 66.3 Å². The second kappa shape index (κ2) is 5.96. The molecule has 4 nitrogen and oxygen atoms in total. The van der Waals surface area contributed by atoms with Gasteiger partial charge >= 0.3 is 0 Å². The maximum absolute atomic E-state index is 8.90. The van der Waals surface area contributed by atoms with Crippen molar-refractivity contribution in [3.8, 4) is 0 Å². The second-order valence-corrected chi connectivity index (χ2v) is 5.22. The van der Waals surface area contributed by atoms with Gasteiger partial charge in [0, 0.05) is 31.7 Å². The molecule has 0 aromatic carbocycles. The van der Waals surface area contributed by atoms with E-state index in [0.717, 1.165) is 19.0 Å². The normalized spacial score (nSPS) is 30.0. The van der Waals surface area contributed by atoms with Crippen LogP contribution in [0.3, 0.4) is 0 Å². The van der Waals surface area contributed by atoms with Gasteiger partial charge in [-0.25, -0.2) is 0 Å². The maximum Gasteiger partial charge on any atom is 0.0583 e. The lowest BCUT2D eigenvalue weighted by Gasteiger charge is -2.44. The summed E-state index contributed by atoms with van der Waals surface area (Å²) in [7, 11) is 0. The predicted molar refractivity (Wildman–Crippen MR) is 65.3 cm³/mol. The third-order valence-electron chi connectivity index (χ3n) is 3.97. The summed E-state index contributed by atoms with van der Waals surface area (Å²) in [5.41, 5.74) is 5.73. The summed E-state index contributed by atoms with van der Waals surface area (Å²) in [5.74, 6) is 0. The Labute approximate surface area is 98.4 Å². The van der Waals surface area contributed by atoms with Crippen LogP contribution in [0.1, 0.15) is 25.7 Å². The Balaban J connectivity index is 1.72. The van der Waals surface area contributed by atoms with Gasteiger partial charge in [0.2, 0.25) is 0 Å². The van der Waals surface area contributed by atoms with Crippen molar-refractivity contribution in [1.82, 2.24) is 9.80 Å². The number of piperazine rings is 1. The Morgan fingerprint density at radius 3 is 2.94 bits per heavy atom. The Morgan fingerprint density at radius 1 is 1.25 bits per heavy atom. The molecule has 0 bridgehead atoms. The Bertz CT molecular complexity index is 212. The third kappa shape index (κ3) is 3.17. The Morgan fingerprint density at radius 2 is 2.12 bits per heavy atom. The fourth-order valence-electron chi connectivity index (χ4n) is 2.86. The zero-order chi connectivity index (χ0) is 11.4. The standard InChI is InChI=1S/C12H25N3O/c13-11(10-16)4-6-14-7-8-15-5-2-1-3-12(15)9-14/h11-12,16H,1-10,13H2. The van der Waals surface area contributed by atoms with Crippen molar-refractivity contribution in [3.63, 3.8) is 0 Å². The van der Waals surface area contributed by atoms with Crippen LogP contribution in [0.25, 0.3) is 0 Å². The van der Waals surface area contributed by atoms with E-state index in [9.17, 15) is 0 Å². The zero-order valence-electron chi connectivity index (χ0n) is 10.1. The Hall–Kier alpha value is -0.160. The molecule has 4 heteroatoms. The maximum atomic E-state index is 8.90. The Kier molecular flexibility index (Phi) is 4.58. The molecule has 0 aromatic heterocycles. The summed E-state index contributed by atoms with van der Waals surface area (Å²) >= 11 is 0. The highest BCUT2D eigenvalue weighted by molar-refractivity contribution is 4.85. The van der Waals surface area contributed by atoms with E-state index in [1.165, 1.54) is 45.4 Å². The quantitative estimate of drug-likeness (QED) is 0.702. The van der Waals surface area contributed by atoms with Gasteiger partial charge in [-0.1, -0.05) is 6.42 Å². The molecule has 0 aromatic rings. The number of fused-ring (bicyclic) bond motifs is 1. The van der Waals surface area contributed by atoms with E-state index >= 15 is 0 Å². The van der Waals surface area contributed by atoms with Gasteiger partial charge in [-0.05, 0) is 32.4 Å². The summed E-state index contributed by atoms with van der Waals surface area (Å²) in [4.78, 5) is 5.16. The van der Waals surface area contributed by atoms with E-state index in [1.54, 1.807) is 0 Å². The summed E-state index contributed by atoms with van der Waals surface area (Å²) in [6.45, 7) is 6.07. The molecule has 0 spiro atoms. The molecule has 2 atom stereocenters. The molecule has 2 aliphatic heterocycles.